The number of esters is 1. The highest BCUT2D eigenvalue weighted by atomic mass is 35.5. The zero-order valence-corrected chi connectivity index (χ0v) is 22.0. The Kier molecular flexibility index (Phi) is 8.25. The second-order valence-electron chi connectivity index (χ2n) is 9.29. The summed E-state index contributed by atoms with van der Waals surface area (Å²) in [4.78, 5) is 36.5. The molecule has 1 aromatic carbocycles. The number of carbonyl (C=O) groups excluding carboxylic acids is 2. The van der Waals surface area contributed by atoms with Gasteiger partial charge in [-0.25, -0.2) is 19.1 Å². The molecule has 2 unspecified atom stereocenters. The van der Waals surface area contributed by atoms with Gasteiger partial charge in [0.1, 0.15) is 30.9 Å². The molecule has 3 heterocycles. The standard InChI is InChI=1S/C24H27ClN3O8P/c1-14(2)22(29)34-21-15(3)24(13-28(24)9-7-20(26)27-23(28)30)35-19(21)12-32-36-18(8-10-33-37-31)16-5-4-6-17(25)11-16/h4-7,9,11,14,18-19,21H,3,8,10,12-13H2,1-2H3,(H-,26,27,30)/p+1/t18-,19+,21-,24?,28?/m0/s1. The van der Waals surface area contributed by atoms with E-state index >= 15 is 0 Å². The first-order chi connectivity index (χ1) is 17.6. The Hall–Kier alpha value is -2.50. The van der Waals surface area contributed by atoms with E-state index in [9.17, 15) is 14.2 Å². The zero-order valence-electron chi connectivity index (χ0n) is 20.3. The minimum absolute atomic E-state index is 0.0250. The third kappa shape index (κ3) is 5.39. The maximum absolute atomic E-state index is 12.8. The first kappa shape index (κ1) is 27.5. The topological polar surface area (TPSA) is 133 Å². The lowest BCUT2D eigenvalue weighted by molar-refractivity contribution is -0.706. The summed E-state index contributed by atoms with van der Waals surface area (Å²) in [5, 5.41) is 10.7. The van der Waals surface area contributed by atoms with E-state index in [-0.39, 0.29) is 30.1 Å². The summed E-state index contributed by atoms with van der Waals surface area (Å²) in [5.74, 6) is -0.866. The van der Waals surface area contributed by atoms with Crippen LogP contribution in [0.5, 0.6) is 0 Å². The summed E-state index contributed by atoms with van der Waals surface area (Å²) in [5.41, 5.74) is 0.00138. The number of benzene rings is 1. The summed E-state index contributed by atoms with van der Waals surface area (Å²) < 4.78 is 27.3. The summed E-state index contributed by atoms with van der Waals surface area (Å²) in [7, 11) is -0.446. The molecule has 2 spiro atoms. The van der Waals surface area contributed by atoms with Crippen LogP contribution in [0.3, 0.4) is 0 Å². The number of quaternary nitrogens is 1. The van der Waals surface area contributed by atoms with E-state index in [1.54, 1.807) is 38.2 Å². The Morgan fingerprint density at radius 2 is 2.22 bits per heavy atom. The van der Waals surface area contributed by atoms with Crippen LogP contribution in [0.25, 0.3) is 0 Å². The molecule has 0 saturated carbocycles. The molecule has 5 atom stereocenters. The molecule has 11 nitrogen and oxygen atoms in total. The van der Waals surface area contributed by atoms with Crippen molar-refractivity contribution < 1.29 is 42.4 Å². The van der Waals surface area contributed by atoms with E-state index in [0.29, 0.717) is 17.0 Å². The number of halogens is 1. The minimum atomic E-state index is -1.15. The smallest absolute Gasteiger partial charge is 0.429 e. The van der Waals surface area contributed by atoms with Crippen LogP contribution in [0.1, 0.15) is 31.9 Å². The van der Waals surface area contributed by atoms with Gasteiger partial charge >= 0.3 is 20.7 Å². The zero-order chi connectivity index (χ0) is 26.8. The number of carbonyl (C=O) groups is 2. The number of nitrogens with one attached hydrogen (secondary N) is 2. The number of hydrogen-bond donors (Lipinski definition) is 2. The maximum atomic E-state index is 12.8. The van der Waals surface area contributed by atoms with Gasteiger partial charge in [0.25, 0.3) is 5.72 Å². The highest BCUT2D eigenvalue weighted by Gasteiger charge is 2.82. The quantitative estimate of drug-likeness (QED) is 0.0610. The number of ether oxygens (including phenoxy) is 2. The van der Waals surface area contributed by atoms with E-state index in [2.05, 4.69) is 11.9 Å². The molecule has 13 heteroatoms. The van der Waals surface area contributed by atoms with E-state index < -0.39 is 50.6 Å². The van der Waals surface area contributed by atoms with Crippen molar-refractivity contribution in [3.05, 3.63) is 59.3 Å². The van der Waals surface area contributed by atoms with Crippen LogP contribution in [0, 0.1) is 11.3 Å². The third-order valence-corrected chi connectivity index (χ3v) is 7.03. The minimum Gasteiger partial charge on any atom is -0.454 e. The van der Waals surface area contributed by atoms with Crippen LogP contribution in [-0.2, 0) is 33.1 Å². The Morgan fingerprint density at radius 1 is 1.43 bits per heavy atom. The lowest BCUT2D eigenvalue weighted by atomic mass is 10.0. The van der Waals surface area contributed by atoms with Gasteiger partial charge in [-0.05, 0) is 17.7 Å². The van der Waals surface area contributed by atoms with Crippen molar-refractivity contribution in [2.45, 2.75) is 44.3 Å². The number of hydrogen-bond acceptors (Lipinski definition) is 9. The number of amides is 2. The van der Waals surface area contributed by atoms with Gasteiger partial charge in [-0.2, -0.15) is 4.48 Å². The van der Waals surface area contributed by atoms with Gasteiger partial charge in [0.15, 0.2) is 12.6 Å². The van der Waals surface area contributed by atoms with Gasteiger partial charge in [0.05, 0.1) is 18.1 Å². The molecule has 2 saturated heterocycles. The van der Waals surface area contributed by atoms with Gasteiger partial charge in [-0.15, -0.1) is 0 Å². The molecule has 2 fully saturated rings. The second kappa shape index (κ2) is 11.1. The average Bonchev–Trinajstić information content (AvgIpc) is 3.43. The lowest BCUT2D eigenvalue weighted by Gasteiger charge is -2.21. The Labute approximate surface area is 220 Å². The first-order valence-corrected chi connectivity index (χ1v) is 12.8. The number of nitrogens with zero attached hydrogens (tertiary/aromatic N) is 1. The third-order valence-electron chi connectivity index (χ3n) is 6.51. The fraction of sp³-hybridized carbons (Fsp3) is 0.458. The van der Waals surface area contributed by atoms with Crippen LogP contribution in [0.2, 0.25) is 5.02 Å². The van der Waals surface area contributed by atoms with Crippen molar-refractivity contribution in [1.29, 1.82) is 5.41 Å². The number of rotatable bonds is 11. The highest BCUT2D eigenvalue weighted by molar-refractivity contribution is 7.17. The van der Waals surface area contributed by atoms with E-state index in [0.717, 1.165) is 5.56 Å². The predicted octanol–water partition coefficient (Wildman–Crippen LogP) is 4.21. The first-order valence-electron chi connectivity index (χ1n) is 11.7. The van der Waals surface area contributed by atoms with Gasteiger partial charge in [-0.3, -0.25) is 20.0 Å². The Bertz CT molecular complexity index is 1150. The van der Waals surface area contributed by atoms with Crippen molar-refractivity contribution in [3.63, 3.8) is 0 Å². The molecule has 1 aromatic rings. The van der Waals surface area contributed by atoms with E-state index in [4.69, 9.17) is 40.8 Å². The van der Waals surface area contributed by atoms with Crippen molar-refractivity contribution in [1.82, 2.24) is 5.32 Å². The lowest BCUT2D eigenvalue weighted by Crippen LogP contribution is -2.49. The SMILES string of the molecule is C=C1[C@H](OC(=O)C(C)C)[C@@H](COO[C@@H](CCOP=O)c2cccc(Cl)c2)OC12C[N+]21C=CC(=N)NC1=O. The molecule has 0 aliphatic carbocycles. The van der Waals surface area contributed by atoms with Crippen LogP contribution >= 0.6 is 20.3 Å². The predicted molar refractivity (Wildman–Crippen MR) is 131 cm³/mol. The fourth-order valence-corrected chi connectivity index (χ4v) is 4.83. The average molecular weight is 553 g/mol. The monoisotopic (exact) mass is 552 g/mol. The van der Waals surface area contributed by atoms with Gasteiger partial charge in [0.2, 0.25) is 0 Å². The van der Waals surface area contributed by atoms with Gasteiger partial charge in [0, 0.05) is 17.5 Å². The van der Waals surface area contributed by atoms with Crippen molar-refractivity contribution in [2.24, 2.45) is 5.92 Å². The van der Waals surface area contributed by atoms with Crippen LogP contribution in [0.4, 0.5) is 4.79 Å². The summed E-state index contributed by atoms with van der Waals surface area (Å²) in [6.07, 6.45) is 1.08. The van der Waals surface area contributed by atoms with Crippen molar-refractivity contribution in [3.8, 4) is 0 Å². The number of fused-ring (bicyclic) bond motifs is 1. The molecule has 0 radical (unpaired) electrons. The molecular weight excluding hydrogens is 525 g/mol. The summed E-state index contributed by atoms with van der Waals surface area (Å²) >= 11 is 6.12. The molecule has 198 valence electrons. The number of amidine groups is 1. The molecule has 4 rings (SSSR count). The van der Waals surface area contributed by atoms with Crippen LogP contribution < -0.4 is 5.32 Å². The van der Waals surface area contributed by atoms with Gasteiger partial charge in [-0.1, -0.05) is 44.2 Å². The van der Waals surface area contributed by atoms with Crippen molar-refractivity contribution >= 4 is 38.1 Å². The van der Waals surface area contributed by atoms with E-state index in [1.165, 1.54) is 6.08 Å². The van der Waals surface area contributed by atoms with Crippen LogP contribution in [-0.4, -0.2) is 60.0 Å². The normalized spacial score (nSPS) is 29.4. The number of urea groups is 1. The molecule has 3 aliphatic rings. The fourth-order valence-electron chi connectivity index (χ4n) is 4.45. The summed E-state index contributed by atoms with van der Waals surface area (Å²) in [6, 6.07) is 6.59. The second-order valence-corrected chi connectivity index (χ2v) is 10.1. The maximum Gasteiger partial charge on any atom is 0.429 e. The molecular formula is C24H28ClN3O8P+. The Morgan fingerprint density at radius 3 is 2.89 bits per heavy atom. The van der Waals surface area contributed by atoms with Crippen molar-refractivity contribution in [2.75, 3.05) is 19.8 Å². The Balaban J connectivity index is 1.49. The molecule has 2 amide bonds. The highest BCUT2D eigenvalue weighted by Crippen LogP contribution is 2.56. The molecule has 0 aromatic heterocycles. The summed E-state index contributed by atoms with van der Waals surface area (Å²) in [6.45, 7) is 7.78. The van der Waals surface area contributed by atoms with E-state index in [1.807, 2.05) is 6.07 Å². The van der Waals surface area contributed by atoms with Crippen LogP contribution in [0.15, 0.2) is 48.7 Å². The molecule has 2 N–H and O–H groups in total. The molecule has 37 heavy (non-hydrogen) atoms. The molecule has 0 bridgehead atoms. The van der Waals surface area contributed by atoms with Gasteiger partial charge < -0.3 is 9.47 Å². The largest absolute Gasteiger partial charge is 0.454 e. The molecule has 3 aliphatic heterocycles.